The topological polar surface area (TPSA) is 57.0 Å². The van der Waals surface area contributed by atoms with Gasteiger partial charge >= 0.3 is 5.97 Å². The van der Waals surface area contributed by atoms with Crippen molar-refractivity contribution in [2.24, 2.45) is 0 Å². The Kier molecular flexibility index (Phi) is 4.06. The van der Waals surface area contributed by atoms with Crippen LogP contribution in [0, 0.1) is 6.92 Å². The van der Waals surface area contributed by atoms with Crippen molar-refractivity contribution >= 4 is 21.9 Å². The van der Waals surface area contributed by atoms with E-state index in [4.69, 9.17) is 4.74 Å². The highest BCUT2D eigenvalue weighted by molar-refractivity contribution is 9.09. The van der Waals surface area contributed by atoms with Crippen LogP contribution >= 0.6 is 15.9 Å². The van der Waals surface area contributed by atoms with Crippen molar-refractivity contribution in [3.63, 3.8) is 0 Å². The maximum atomic E-state index is 10.7. The lowest BCUT2D eigenvalue weighted by molar-refractivity contribution is -0.145. The van der Waals surface area contributed by atoms with Gasteiger partial charge in [0.2, 0.25) is 0 Å². The van der Waals surface area contributed by atoms with E-state index in [1.165, 1.54) is 6.92 Å². The molecule has 0 unspecified atom stereocenters. The number of halogens is 1. The van der Waals surface area contributed by atoms with E-state index < -0.39 is 0 Å². The van der Waals surface area contributed by atoms with Crippen LogP contribution in [0.4, 0.5) is 0 Å². The molecule has 0 aliphatic carbocycles. The minimum absolute atomic E-state index is 0.200. The lowest BCUT2D eigenvalue weighted by atomic mass is 10.4. The fourth-order valence-corrected chi connectivity index (χ4v) is 1.38. The van der Waals surface area contributed by atoms with E-state index in [9.17, 15) is 4.79 Å². The first-order valence-corrected chi connectivity index (χ1v) is 5.34. The van der Waals surface area contributed by atoms with Crippen molar-refractivity contribution in [3.05, 3.63) is 11.9 Å². The fraction of sp³-hybridized carbons (Fsp3) is 0.625. The predicted octanol–water partition coefficient (Wildman–Crippen LogP) is 0.913. The van der Waals surface area contributed by atoms with Crippen LogP contribution < -0.4 is 0 Å². The monoisotopic (exact) mass is 261 g/mol. The molecule has 1 aromatic heterocycles. The molecule has 78 valence electrons. The Labute approximate surface area is 90.6 Å². The van der Waals surface area contributed by atoms with Gasteiger partial charge in [-0.2, -0.15) is 0 Å². The molecule has 1 aromatic rings. The lowest BCUT2D eigenvalue weighted by Crippen LogP contribution is -2.24. The van der Waals surface area contributed by atoms with Crippen LogP contribution in [0.5, 0.6) is 0 Å². The number of rotatable bonds is 4. The van der Waals surface area contributed by atoms with Crippen LogP contribution in [-0.2, 0) is 16.1 Å². The second-order valence-electron chi connectivity index (χ2n) is 2.97. The predicted molar refractivity (Wildman–Crippen MR) is 54.1 cm³/mol. The smallest absolute Gasteiger partial charge is 0.302 e. The Morgan fingerprint density at radius 1 is 1.79 bits per heavy atom. The highest BCUT2D eigenvalue weighted by atomic mass is 79.9. The standard InChI is InChI=1S/C8H12BrN3O2/c1-6-4-12(11-10-6)5-8(3-9)14-7(2)13/h4,8H,3,5H2,1-2H3/t8-/m1/s1. The summed E-state index contributed by atoms with van der Waals surface area (Å²) in [7, 11) is 0. The summed E-state index contributed by atoms with van der Waals surface area (Å²) in [6.45, 7) is 3.77. The molecule has 0 bridgehead atoms. The zero-order chi connectivity index (χ0) is 10.6. The number of hydrogen-bond donors (Lipinski definition) is 0. The zero-order valence-corrected chi connectivity index (χ0v) is 9.69. The Balaban J connectivity index is 2.52. The average Bonchev–Trinajstić information content (AvgIpc) is 2.49. The third-order valence-electron chi connectivity index (χ3n) is 1.55. The molecule has 0 fully saturated rings. The number of aryl methyl sites for hydroxylation is 1. The molecule has 0 amide bonds. The number of ether oxygens (including phenoxy) is 1. The molecule has 0 aliphatic heterocycles. The molecule has 6 heteroatoms. The van der Waals surface area contributed by atoms with Gasteiger partial charge in [0, 0.05) is 18.5 Å². The van der Waals surface area contributed by atoms with Gasteiger partial charge in [-0.1, -0.05) is 21.1 Å². The number of carbonyl (C=O) groups excluding carboxylic acids is 1. The molecule has 0 saturated carbocycles. The normalized spacial score (nSPS) is 12.5. The van der Waals surface area contributed by atoms with E-state index in [-0.39, 0.29) is 12.1 Å². The molecular weight excluding hydrogens is 250 g/mol. The Morgan fingerprint density at radius 2 is 2.50 bits per heavy atom. The van der Waals surface area contributed by atoms with Gasteiger partial charge < -0.3 is 4.74 Å². The third kappa shape index (κ3) is 3.45. The summed E-state index contributed by atoms with van der Waals surface area (Å²) in [6.07, 6.45) is 1.60. The molecule has 0 aromatic carbocycles. The minimum atomic E-state index is -0.286. The first-order valence-electron chi connectivity index (χ1n) is 4.21. The van der Waals surface area contributed by atoms with E-state index in [1.54, 1.807) is 10.9 Å². The van der Waals surface area contributed by atoms with Crippen LogP contribution in [-0.4, -0.2) is 32.4 Å². The van der Waals surface area contributed by atoms with Crippen molar-refractivity contribution in [3.8, 4) is 0 Å². The summed E-state index contributed by atoms with van der Waals surface area (Å²) in [5.74, 6) is -0.286. The molecule has 0 radical (unpaired) electrons. The summed E-state index contributed by atoms with van der Waals surface area (Å²) in [5, 5.41) is 8.29. The van der Waals surface area contributed by atoms with Crippen LogP contribution in [0.25, 0.3) is 0 Å². The van der Waals surface area contributed by atoms with Crippen LogP contribution in [0.2, 0.25) is 0 Å². The first kappa shape index (κ1) is 11.2. The third-order valence-corrected chi connectivity index (χ3v) is 2.27. The highest BCUT2D eigenvalue weighted by Gasteiger charge is 2.11. The zero-order valence-electron chi connectivity index (χ0n) is 8.11. The average molecular weight is 262 g/mol. The minimum Gasteiger partial charge on any atom is -0.460 e. The molecule has 5 nitrogen and oxygen atoms in total. The lowest BCUT2D eigenvalue weighted by Gasteiger charge is -2.13. The number of aromatic nitrogens is 3. The van der Waals surface area contributed by atoms with Gasteiger partial charge in [0.1, 0.15) is 6.10 Å². The fourth-order valence-electron chi connectivity index (χ4n) is 1.05. The van der Waals surface area contributed by atoms with E-state index >= 15 is 0 Å². The number of nitrogens with zero attached hydrogens (tertiary/aromatic N) is 3. The number of hydrogen-bond acceptors (Lipinski definition) is 4. The van der Waals surface area contributed by atoms with Gasteiger partial charge in [-0.05, 0) is 6.92 Å². The second kappa shape index (κ2) is 5.09. The van der Waals surface area contributed by atoms with Gasteiger partial charge in [-0.15, -0.1) is 5.10 Å². The van der Waals surface area contributed by atoms with Gasteiger partial charge in [-0.25, -0.2) is 4.68 Å². The van der Waals surface area contributed by atoms with Crippen molar-refractivity contribution in [2.75, 3.05) is 5.33 Å². The maximum Gasteiger partial charge on any atom is 0.302 e. The second-order valence-corrected chi connectivity index (χ2v) is 3.62. The summed E-state index contributed by atoms with van der Waals surface area (Å²) in [4.78, 5) is 10.7. The van der Waals surface area contributed by atoms with Crippen molar-refractivity contribution < 1.29 is 9.53 Å². The number of esters is 1. The molecular formula is C8H12BrN3O2. The molecule has 1 rings (SSSR count). The molecule has 14 heavy (non-hydrogen) atoms. The highest BCUT2D eigenvalue weighted by Crippen LogP contribution is 2.02. The first-order chi connectivity index (χ1) is 6.61. The van der Waals surface area contributed by atoms with Crippen molar-refractivity contribution in [2.45, 2.75) is 26.5 Å². The maximum absolute atomic E-state index is 10.7. The summed E-state index contributed by atoms with van der Waals surface area (Å²) in [6, 6.07) is 0. The Bertz CT molecular complexity index is 313. The van der Waals surface area contributed by atoms with E-state index in [2.05, 4.69) is 26.2 Å². The van der Waals surface area contributed by atoms with Crippen LogP contribution in [0.3, 0.4) is 0 Å². The molecule has 0 aliphatic rings. The van der Waals surface area contributed by atoms with Crippen LogP contribution in [0.1, 0.15) is 12.6 Å². The number of alkyl halides is 1. The van der Waals surface area contributed by atoms with Gasteiger partial charge in [0.25, 0.3) is 0 Å². The molecule has 0 spiro atoms. The van der Waals surface area contributed by atoms with Gasteiger partial charge in [0.05, 0.1) is 12.2 Å². The van der Waals surface area contributed by atoms with E-state index in [0.717, 1.165) is 5.69 Å². The van der Waals surface area contributed by atoms with Crippen molar-refractivity contribution in [1.82, 2.24) is 15.0 Å². The SMILES string of the molecule is CC(=O)O[C@H](CBr)Cn1cc(C)nn1. The van der Waals surface area contributed by atoms with E-state index in [1.807, 2.05) is 6.92 Å². The summed E-state index contributed by atoms with van der Waals surface area (Å²) < 4.78 is 6.70. The van der Waals surface area contributed by atoms with Gasteiger partial charge in [0.15, 0.2) is 0 Å². The number of carbonyl (C=O) groups is 1. The quantitative estimate of drug-likeness (QED) is 0.598. The Hall–Kier alpha value is -0.910. The molecule has 1 atom stereocenters. The van der Waals surface area contributed by atoms with E-state index in [0.29, 0.717) is 11.9 Å². The summed E-state index contributed by atoms with van der Waals surface area (Å²) in [5.41, 5.74) is 0.848. The van der Waals surface area contributed by atoms with Gasteiger partial charge in [-0.3, -0.25) is 4.79 Å². The van der Waals surface area contributed by atoms with Crippen molar-refractivity contribution in [1.29, 1.82) is 0 Å². The molecule has 0 N–H and O–H groups in total. The molecule has 0 saturated heterocycles. The Morgan fingerprint density at radius 3 is 2.93 bits per heavy atom. The largest absolute Gasteiger partial charge is 0.460 e. The van der Waals surface area contributed by atoms with Crippen LogP contribution in [0.15, 0.2) is 6.20 Å². The molecule has 1 heterocycles. The summed E-state index contributed by atoms with van der Waals surface area (Å²) >= 11 is 3.27.